The Morgan fingerprint density at radius 2 is 2.11 bits per heavy atom. The van der Waals surface area contributed by atoms with Gasteiger partial charge in [-0.2, -0.15) is 0 Å². The van der Waals surface area contributed by atoms with Crippen molar-refractivity contribution in [2.75, 3.05) is 5.33 Å². The average molecular weight is 335 g/mol. The second kappa shape index (κ2) is 7.48. The van der Waals surface area contributed by atoms with E-state index in [-0.39, 0.29) is 11.5 Å². The summed E-state index contributed by atoms with van der Waals surface area (Å²) in [5.41, 5.74) is 0.535. The van der Waals surface area contributed by atoms with Gasteiger partial charge in [0.05, 0.1) is 4.92 Å². The number of hydrogen-bond donors (Lipinski definition) is 0. The van der Waals surface area contributed by atoms with Gasteiger partial charge in [-0.05, 0) is 18.9 Å². The molecule has 1 aromatic carbocycles. The van der Waals surface area contributed by atoms with E-state index in [0.717, 1.165) is 11.8 Å². The van der Waals surface area contributed by atoms with E-state index in [1.165, 1.54) is 6.07 Å². The number of rotatable bonds is 7. The molecule has 98 valence electrons. The highest BCUT2D eigenvalue weighted by Crippen LogP contribution is 2.24. The molecule has 0 fully saturated rings. The van der Waals surface area contributed by atoms with Crippen LogP contribution in [0.3, 0.4) is 0 Å². The summed E-state index contributed by atoms with van der Waals surface area (Å²) in [6.45, 7) is 0. The Balaban J connectivity index is 2.67. The van der Waals surface area contributed by atoms with Crippen LogP contribution in [-0.4, -0.2) is 16.0 Å². The van der Waals surface area contributed by atoms with E-state index in [1.54, 1.807) is 12.1 Å². The van der Waals surface area contributed by atoms with Gasteiger partial charge < -0.3 is 0 Å². The minimum Gasteiger partial charge on any atom is -0.300 e. The number of nitrogens with zero attached hydrogens (tertiary/aromatic N) is 1. The predicted molar refractivity (Wildman–Crippen MR) is 74.5 cm³/mol. The van der Waals surface area contributed by atoms with E-state index in [4.69, 9.17) is 11.6 Å². The topological polar surface area (TPSA) is 60.2 Å². The summed E-state index contributed by atoms with van der Waals surface area (Å²) in [4.78, 5) is 21.9. The summed E-state index contributed by atoms with van der Waals surface area (Å²) < 4.78 is 0. The molecule has 6 heteroatoms. The van der Waals surface area contributed by atoms with Gasteiger partial charge in [-0.25, -0.2) is 0 Å². The summed E-state index contributed by atoms with van der Waals surface area (Å²) in [6, 6.07) is 4.53. The first kappa shape index (κ1) is 15.1. The van der Waals surface area contributed by atoms with Gasteiger partial charge in [0, 0.05) is 34.8 Å². The molecule has 0 heterocycles. The lowest BCUT2D eigenvalue weighted by atomic mass is 10.0. The van der Waals surface area contributed by atoms with Gasteiger partial charge in [0.15, 0.2) is 0 Å². The van der Waals surface area contributed by atoms with Crippen molar-refractivity contribution in [2.45, 2.75) is 25.7 Å². The minimum atomic E-state index is -0.468. The van der Waals surface area contributed by atoms with Crippen LogP contribution in [0.5, 0.6) is 0 Å². The number of carbonyl (C=O) groups excluding carboxylic acids is 1. The Morgan fingerprint density at radius 1 is 1.39 bits per heavy atom. The molecule has 1 rings (SSSR count). The van der Waals surface area contributed by atoms with Crippen LogP contribution in [0.4, 0.5) is 5.69 Å². The molecule has 0 radical (unpaired) electrons. The normalized spacial score (nSPS) is 10.3. The molecule has 0 saturated carbocycles. The first-order valence-electron chi connectivity index (χ1n) is 5.55. The third-order valence-electron chi connectivity index (χ3n) is 2.51. The highest BCUT2D eigenvalue weighted by atomic mass is 79.9. The van der Waals surface area contributed by atoms with E-state index in [1.807, 2.05) is 0 Å². The van der Waals surface area contributed by atoms with Crippen molar-refractivity contribution in [2.24, 2.45) is 0 Å². The molecule has 0 spiro atoms. The Bertz CT molecular complexity index is 451. The van der Waals surface area contributed by atoms with Gasteiger partial charge in [0.1, 0.15) is 5.78 Å². The zero-order chi connectivity index (χ0) is 13.5. The third-order valence-corrected chi connectivity index (χ3v) is 3.30. The molecule has 0 N–H and O–H groups in total. The van der Waals surface area contributed by atoms with Crippen molar-refractivity contribution in [3.63, 3.8) is 0 Å². The molecule has 0 atom stereocenters. The molecule has 0 aliphatic carbocycles. The number of carbonyl (C=O) groups is 1. The lowest BCUT2D eigenvalue weighted by Gasteiger charge is -2.03. The van der Waals surface area contributed by atoms with Crippen LogP contribution < -0.4 is 0 Å². The monoisotopic (exact) mass is 333 g/mol. The molecule has 0 aromatic heterocycles. The number of halogens is 2. The maximum Gasteiger partial charge on any atom is 0.274 e. The largest absolute Gasteiger partial charge is 0.300 e. The van der Waals surface area contributed by atoms with Gasteiger partial charge in [-0.3, -0.25) is 14.9 Å². The van der Waals surface area contributed by atoms with Crippen molar-refractivity contribution < 1.29 is 9.72 Å². The molecule has 0 bridgehead atoms. The number of alkyl halides is 1. The van der Waals surface area contributed by atoms with Crippen LogP contribution in [0, 0.1) is 10.1 Å². The van der Waals surface area contributed by atoms with E-state index < -0.39 is 4.92 Å². The van der Waals surface area contributed by atoms with Crippen LogP contribution in [-0.2, 0) is 11.2 Å². The summed E-state index contributed by atoms with van der Waals surface area (Å²) in [7, 11) is 0. The molecule has 1 aromatic rings. The maximum atomic E-state index is 11.5. The van der Waals surface area contributed by atoms with Crippen LogP contribution in [0.1, 0.15) is 24.8 Å². The predicted octanol–water partition coefficient (Wildman–Crippen LogP) is 3.93. The molecule has 4 nitrogen and oxygen atoms in total. The number of nitro groups is 1. The van der Waals surface area contributed by atoms with E-state index in [0.29, 0.717) is 29.8 Å². The molecule has 0 aliphatic heterocycles. The molecule has 0 amide bonds. The Kier molecular flexibility index (Phi) is 6.29. The lowest BCUT2D eigenvalue weighted by Crippen LogP contribution is -2.02. The molecule has 0 aliphatic rings. The highest BCUT2D eigenvalue weighted by molar-refractivity contribution is 9.09. The van der Waals surface area contributed by atoms with E-state index in [2.05, 4.69) is 15.9 Å². The average Bonchev–Trinajstić information content (AvgIpc) is 2.34. The van der Waals surface area contributed by atoms with Crippen LogP contribution in [0.15, 0.2) is 18.2 Å². The first-order valence-corrected chi connectivity index (χ1v) is 7.05. The second-order valence-electron chi connectivity index (χ2n) is 3.86. The van der Waals surface area contributed by atoms with Crippen molar-refractivity contribution in [1.82, 2.24) is 0 Å². The molecule has 18 heavy (non-hydrogen) atoms. The Labute approximate surface area is 119 Å². The van der Waals surface area contributed by atoms with Crippen LogP contribution >= 0.6 is 27.5 Å². The van der Waals surface area contributed by atoms with Gasteiger partial charge in [-0.15, -0.1) is 0 Å². The lowest BCUT2D eigenvalue weighted by molar-refractivity contribution is -0.385. The number of ketones is 1. The van der Waals surface area contributed by atoms with Crippen molar-refractivity contribution in [3.8, 4) is 0 Å². The summed E-state index contributed by atoms with van der Waals surface area (Å²) in [5, 5.41) is 12.0. The van der Waals surface area contributed by atoms with Gasteiger partial charge >= 0.3 is 0 Å². The first-order chi connectivity index (χ1) is 8.54. The molecular weight excluding hydrogens is 321 g/mol. The van der Waals surface area contributed by atoms with Crippen molar-refractivity contribution in [1.29, 1.82) is 0 Å². The molecular formula is C12H13BrClNO3. The number of aryl methyl sites for hydroxylation is 1. The Morgan fingerprint density at radius 3 is 2.72 bits per heavy atom. The summed E-state index contributed by atoms with van der Waals surface area (Å²) in [6.07, 6.45) is 2.01. The standard InChI is InChI=1S/C12H13BrClNO3/c13-7-1-2-11(16)6-4-9-3-5-10(14)8-12(9)15(17)18/h3,5,8H,1-2,4,6-7H2. The van der Waals surface area contributed by atoms with Crippen molar-refractivity contribution in [3.05, 3.63) is 38.9 Å². The van der Waals surface area contributed by atoms with Crippen molar-refractivity contribution >= 4 is 39.0 Å². The SMILES string of the molecule is O=C(CCCBr)CCc1ccc(Cl)cc1[N+](=O)[O-]. The Hall–Kier alpha value is -0.940. The summed E-state index contributed by atoms with van der Waals surface area (Å²) in [5.74, 6) is 0.124. The third kappa shape index (κ3) is 4.74. The van der Waals surface area contributed by atoms with Gasteiger partial charge in [-0.1, -0.05) is 33.6 Å². The van der Waals surface area contributed by atoms with Crippen LogP contribution in [0.25, 0.3) is 0 Å². The quantitative estimate of drug-likeness (QED) is 0.431. The van der Waals surface area contributed by atoms with Gasteiger partial charge in [0.25, 0.3) is 5.69 Å². The van der Waals surface area contributed by atoms with Crippen LogP contribution in [0.2, 0.25) is 5.02 Å². The zero-order valence-corrected chi connectivity index (χ0v) is 12.0. The number of benzene rings is 1. The smallest absolute Gasteiger partial charge is 0.274 e. The number of Topliss-reactive ketones (excluding diaryl/α,β-unsaturated/α-hetero) is 1. The van der Waals surface area contributed by atoms with E-state index in [9.17, 15) is 14.9 Å². The fourth-order valence-corrected chi connectivity index (χ4v) is 2.03. The highest BCUT2D eigenvalue weighted by Gasteiger charge is 2.15. The number of nitro benzene ring substituents is 1. The second-order valence-corrected chi connectivity index (χ2v) is 5.09. The zero-order valence-electron chi connectivity index (χ0n) is 9.70. The molecule has 0 unspecified atom stereocenters. The summed E-state index contributed by atoms with van der Waals surface area (Å²) >= 11 is 8.97. The molecule has 0 saturated heterocycles. The maximum absolute atomic E-state index is 11.5. The van der Waals surface area contributed by atoms with Gasteiger partial charge in [0.2, 0.25) is 0 Å². The fourth-order valence-electron chi connectivity index (χ4n) is 1.58. The number of hydrogen-bond acceptors (Lipinski definition) is 3. The van der Waals surface area contributed by atoms with E-state index >= 15 is 0 Å². The minimum absolute atomic E-state index is 0.0178. The fraction of sp³-hybridized carbons (Fsp3) is 0.417.